The molecule has 0 saturated carbocycles. The highest BCUT2D eigenvalue weighted by Gasteiger charge is 2.16. The molecule has 0 saturated heterocycles. The zero-order chi connectivity index (χ0) is 33.0. The maximum absolute atomic E-state index is 6.16. The second-order valence-electron chi connectivity index (χ2n) is 12.4. The fourth-order valence-corrected chi connectivity index (χ4v) is 7.12. The van der Waals surface area contributed by atoms with E-state index in [-0.39, 0.29) is 0 Å². The summed E-state index contributed by atoms with van der Waals surface area (Å²) in [5.41, 5.74) is 10.2. The molecule has 10 aromatic rings. The van der Waals surface area contributed by atoms with Gasteiger partial charge in [-0.1, -0.05) is 121 Å². The van der Waals surface area contributed by atoms with Crippen molar-refractivity contribution in [3.05, 3.63) is 170 Å². The summed E-state index contributed by atoms with van der Waals surface area (Å²) >= 11 is 0. The highest BCUT2D eigenvalue weighted by atomic mass is 16.3. The Kier molecular flexibility index (Phi) is 6.42. The lowest BCUT2D eigenvalue weighted by Gasteiger charge is -2.11. The standard InChI is InChI=1S/C45H28N4O/c1-2-11-30(12-3-1)43-46-44(31-23-21-29(22-24-31)34-16-10-20-41-42(34)37-15-6-9-19-40(37)50-41)48-45(47-43)32-25-27-33(28-26-32)49-38-17-7-4-13-35(38)36-14-5-8-18-39(36)49/h1-28H. The average Bonchev–Trinajstić information content (AvgIpc) is 3.74. The molecular formula is C45H28N4O. The maximum Gasteiger partial charge on any atom is 0.164 e. The van der Waals surface area contributed by atoms with Crippen molar-refractivity contribution in [2.75, 3.05) is 0 Å². The Labute approximate surface area is 287 Å². The van der Waals surface area contributed by atoms with Crippen LogP contribution in [0.2, 0.25) is 0 Å². The Balaban J connectivity index is 1.06. The molecule has 0 aliphatic rings. The lowest BCUT2D eigenvalue weighted by Crippen LogP contribution is -2.00. The van der Waals surface area contributed by atoms with Crippen LogP contribution in [0.25, 0.3) is 94.7 Å². The molecule has 0 fully saturated rings. The predicted molar refractivity (Wildman–Crippen MR) is 203 cm³/mol. The van der Waals surface area contributed by atoms with E-state index < -0.39 is 0 Å². The SMILES string of the molecule is c1ccc(-c2nc(-c3ccc(-c4cccc5oc6ccccc6c45)cc3)nc(-c3ccc(-n4c5ccccc5c5ccccc54)cc3)n2)cc1. The van der Waals surface area contributed by atoms with Crippen molar-refractivity contribution in [1.29, 1.82) is 0 Å². The summed E-state index contributed by atoms with van der Waals surface area (Å²) in [7, 11) is 0. The number of furan rings is 1. The van der Waals surface area contributed by atoms with E-state index in [0.29, 0.717) is 17.5 Å². The highest BCUT2D eigenvalue weighted by molar-refractivity contribution is 6.12. The first kappa shape index (κ1) is 28.2. The van der Waals surface area contributed by atoms with Crippen molar-refractivity contribution >= 4 is 43.7 Å². The lowest BCUT2D eigenvalue weighted by atomic mass is 9.98. The first-order valence-electron chi connectivity index (χ1n) is 16.7. The number of para-hydroxylation sites is 3. The van der Waals surface area contributed by atoms with Gasteiger partial charge in [0.05, 0.1) is 11.0 Å². The van der Waals surface area contributed by atoms with Crippen molar-refractivity contribution in [3.63, 3.8) is 0 Å². The number of benzene rings is 7. The van der Waals surface area contributed by atoms with Crippen LogP contribution in [0.4, 0.5) is 0 Å². The van der Waals surface area contributed by atoms with Crippen molar-refractivity contribution in [2.45, 2.75) is 0 Å². The van der Waals surface area contributed by atoms with Gasteiger partial charge in [0.25, 0.3) is 0 Å². The molecule has 0 spiro atoms. The Bertz CT molecular complexity index is 2800. The largest absolute Gasteiger partial charge is 0.456 e. The summed E-state index contributed by atoms with van der Waals surface area (Å²) in [5, 5.41) is 4.71. The fourth-order valence-electron chi connectivity index (χ4n) is 7.12. The second kappa shape index (κ2) is 11.4. The summed E-state index contributed by atoms with van der Waals surface area (Å²) < 4.78 is 8.47. The highest BCUT2D eigenvalue weighted by Crippen LogP contribution is 2.37. The smallest absolute Gasteiger partial charge is 0.164 e. The average molecular weight is 641 g/mol. The summed E-state index contributed by atoms with van der Waals surface area (Å²) in [6.07, 6.45) is 0. The van der Waals surface area contributed by atoms with E-state index in [1.165, 1.54) is 21.8 Å². The van der Waals surface area contributed by atoms with Crippen LogP contribution < -0.4 is 0 Å². The molecule has 0 aliphatic carbocycles. The zero-order valence-corrected chi connectivity index (χ0v) is 26.9. The van der Waals surface area contributed by atoms with Gasteiger partial charge in [-0.05, 0) is 59.7 Å². The number of aromatic nitrogens is 4. The van der Waals surface area contributed by atoms with Crippen LogP contribution in [0, 0.1) is 0 Å². The van der Waals surface area contributed by atoms with Crippen LogP contribution in [-0.4, -0.2) is 19.5 Å². The molecule has 3 aromatic heterocycles. The number of rotatable bonds is 5. The predicted octanol–water partition coefficient (Wildman–Crippen LogP) is 11.5. The molecule has 0 unspecified atom stereocenters. The van der Waals surface area contributed by atoms with Gasteiger partial charge < -0.3 is 8.98 Å². The summed E-state index contributed by atoms with van der Waals surface area (Å²) in [6.45, 7) is 0. The van der Waals surface area contributed by atoms with Gasteiger partial charge in [-0.3, -0.25) is 0 Å². The van der Waals surface area contributed by atoms with Crippen LogP contribution in [0.15, 0.2) is 174 Å². The molecular weight excluding hydrogens is 613 g/mol. The van der Waals surface area contributed by atoms with E-state index in [1.807, 2.05) is 54.6 Å². The van der Waals surface area contributed by atoms with Crippen LogP contribution in [0.1, 0.15) is 0 Å². The Hall–Kier alpha value is -6.85. The summed E-state index contributed by atoms with van der Waals surface area (Å²) in [6, 6.07) is 58.6. The third-order valence-electron chi connectivity index (χ3n) is 9.49. The maximum atomic E-state index is 6.16. The number of hydrogen-bond donors (Lipinski definition) is 0. The monoisotopic (exact) mass is 640 g/mol. The van der Waals surface area contributed by atoms with Gasteiger partial charge in [0.15, 0.2) is 17.5 Å². The van der Waals surface area contributed by atoms with Gasteiger partial charge in [0.2, 0.25) is 0 Å². The van der Waals surface area contributed by atoms with Crippen molar-refractivity contribution < 1.29 is 4.42 Å². The van der Waals surface area contributed by atoms with Crippen molar-refractivity contribution in [3.8, 4) is 51.0 Å². The number of nitrogens with zero attached hydrogens (tertiary/aromatic N) is 4. The molecule has 0 N–H and O–H groups in total. The topological polar surface area (TPSA) is 56.7 Å². The molecule has 0 aliphatic heterocycles. The molecule has 10 rings (SSSR count). The van der Waals surface area contributed by atoms with Gasteiger partial charge in [-0.2, -0.15) is 0 Å². The Morgan fingerprint density at radius 2 is 0.840 bits per heavy atom. The van der Waals surface area contributed by atoms with E-state index in [2.05, 4.69) is 120 Å². The lowest BCUT2D eigenvalue weighted by molar-refractivity contribution is 0.669. The minimum atomic E-state index is 0.624. The van der Waals surface area contributed by atoms with Crippen LogP contribution >= 0.6 is 0 Å². The van der Waals surface area contributed by atoms with Crippen molar-refractivity contribution in [2.24, 2.45) is 0 Å². The van der Waals surface area contributed by atoms with E-state index in [4.69, 9.17) is 19.4 Å². The molecule has 50 heavy (non-hydrogen) atoms. The third kappa shape index (κ3) is 4.60. The molecule has 0 bridgehead atoms. The third-order valence-corrected chi connectivity index (χ3v) is 9.49. The number of hydrogen-bond acceptors (Lipinski definition) is 4. The van der Waals surface area contributed by atoms with Gasteiger partial charge in [0.1, 0.15) is 11.2 Å². The van der Waals surface area contributed by atoms with Crippen molar-refractivity contribution in [1.82, 2.24) is 19.5 Å². The van der Waals surface area contributed by atoms with Crippen LogP contribution in [0.3, 0.4) is 0 Å². The fraction of sp³-hybridized carbons (Fsp3) is 0. The first-order chi connectivity index (χ1) is 24.8. The molecule has 3 heterocycles. The molecule has 234 valence electrons. The van der Waals surface area contributed by atoms with Crippen LogP contribution in [-0.2, 0) is 0 Å². The van der Waals surface area contributed by atoms with Gasteiger partial charge in [-0.25, -0.2) is 15.0 Å². The molecule has 5 nitrogen and oxygen atoms in total. The van der Waals surface area contributed by atoms with E-state index in [9.17, 15) is 0 Å². The molecule has 0 amide bonds. The second-order valence-corrected chi connectivity index (χ2v) is 12.4. The Morgan fingerprint density at radius 3 is 1.48 bits per heavy atom. The van der Waals surface area contributed by atoms with Gasteiger partial charge >= 0.3 is 0 Å². The molecule has 0 radical (unpaired) electrons. The minimum absolute atomic E-state index is 0.624. The Morgan fingerprint density at radius 1 is 0.360 bits per heavy atom. The van der Waals surface area contributed by atoms with Crippen LogP contribution in [0.5, 0.6) is 0 Å². The summed E-state index contributed by atoms with van der Waals surface area (Å²) in [5.74, 6) is 1.89. The number of fused-ring (bicyclic) bond motifs is 6. The molecule has 0 atom stereocenters. The molecule has 7 aromatic carbocycles. The summed E-state index contributed by atoms with van der Waals surface area (Å²) in [4.78, 5) is 15.0. The normalized spacial score (nSPS) is 11.6. The van der Waals surface area contributed by atoms with E-state index in [1.54, 1.807) is 0 Å². The molecule has 5 heteroatoms. The zero-order valence-electron chi connectivity index (χ0n) is 26.9. The quantitative estimate of drug-likeness (QED) is 0.188. The minimum Gasteiger partial charge on any atom is -0.456 e. The first-order valence-corrected chi connectivity index (χ1v) is 16.7. The van der Waals surface area contributed by atoms with E-state index in [0.717, 1.165) is 55.4 Å². The van der Waals surface area contributed by atoms with Gasteiger partial charge in [0, 0.05) is 43.9 Å². The van der Waals surface area contributed by atoms with Gasteiger partial charge in [-0.15, -0.1) is 0 Å². The van der Waals surface area contributed by atoms with E-state index >= 15 is 0 Å².